The second kappa shape index (κ2) is 10.5. The second-order valence-electron chi connectivity index (χ2n) is 7.59. The summed E-state index contributed by atoms with van der Waals surface area (Å²) in [4.78, 5) is 26.7. The van der Waals surface area contributed by atoms with Gasteiger partial charge in [0, 0.05) is 0 Å². The summed E-state index contributed by atoms with van der Waals surface area (Å²) in [6.07, 6.45) is -0.785. The average Bonchev–Trinajstić information content (AvgIpc) is 2.91. The molecule has 0 saturated carbocycles. The Morgan fingerprint density at radius 2 is 1.15 bits per heavy atom. The molecule has 0 atom stereocenters. The summed E-state index contributed by atoms with van der Waals surface area (Å²) >= 11 is 0. The van der Waals surface area contributed by atoms with Crippen LogP contribution in [0.25, 0.3) is 0 Å². The van der Waals surface area contributed by atoms with Crippen LogP contribution < -0.4 is 10.4 Å². The fourth-order valence-electron chi connectivity index (χ4n) is 3.55. The van der Waals surface area contributed by atoms with Crippen molar-refractivity contribution >= 4 is 17.7 Å². The number of carbonyl (C=O) groups excluding carboxylic acids is 2. The van der Waals surface area contributed by atoms with Gasteiger partial charge in [0.1, 0.15) is 6.61 Å². The third-order valence-electron chi connectivity index (χ3n) is 5.33. The molecule has 6 heteroatoms. The van der Waals surface area contributed by atoms with E-state index in [2.05, 4.69) is 5.43 Å². The van der Waals surface area contributed by atoms with Crippen molar-refractivity contribution in [3.8, 4) is 0 Å². The minimum absolute atomic E-state index is 0.0283. The summed E-state index contributed by atoms with van der Waals surface area (Å²) in [7, 11) is 0. The quantitative estimate of drug-likeness (QED) is 0.412. The van der Waals surface area contributed by atoms with Crippen molar-refractivity contribution in [3.05, 3.63) is 138 Å². The first-order valence-electron chi connectivity index (χ1n) is 10.8. The van der Waals surface area contributed by atoms with Crippen LogP contribution in [0.3, 0.4) is 0 Å². The Morgan fingerprint density at radius 3 is 1.65 bits per heavy atom. The molecule has 34 heavy (non-hydrogen) atoms. The number of anilines is 1. The van der Waals surface area contributed by atoms with Gasteiger partial charge < -0.3 is 9.84 Å². The van der Waals surface area contributed by atoms with Gasteiger partial charge >= 0.3 is 6.09 Å². The minimum atomic E-state index is -2.05. The van der Waals surface area contributed by atoms with Gasteiger partial charge in [0.2, 0.25) is 0 Å². The van der Waals surface area contributed by atoms with Crippen LogP contribution in [0, 0.1) is 0 Å². The molecule has 0 spiro atoms. The molecule has 0 aliphatic carbocycles. The van der Waals surface area contributed by atoms with Gasteiger partial charge in [-0.3, -0.25) is 10.2 Å². The van der Waals surface area contributed by atoms with E-state index in [1.807, 2.05) is 30.3 Å². The number of carbonyl (C=O) groups is 2. The highest BCUT2D eigenvalue weighted by Gasteiger charge is 2.41. The predicted molar refractivity (Wildman–Crippen MR) is 130 cm³/mol. The van der Waals surface area contributed by atoms with Crippen LogP contribution >= 0.6 is 0 Å². The van der Waals surface area contributed by atoms with Gasteiger partial charge in [-0.25, -0.2) is 4.79 Å². The largest absolute Gasteiger partial charge is 0.443 e. The number of rotatable bonds is 6. The fourth-order valence-corrected chi connectivity index (χ4v) is 3.55. The first-order chi connectivity index (χ1) is 16.6. The smallest absolute Gasteiger partial charge is 0.433 e. The van der Waals surface area contributed by atoms with Crippen molar-refractivity contribution in [1.29, 1.82) is 0 Å². The first kappa shape index (κ1) is 22.8. The molecule has 0 saturated heterocycles. The van der Waals surface area contributed by atoms with Crippen molar-refractivity contribution in [2.24, 2.45) is 0 Å². The second-order valence-corrected chi connectivity index (χ2v) is 7.59. The van der Waals surface area contributed by atoms with Gasteiger partial charge in [0.15, 0.2) is 5.60 Å². The zero-order chi connectivity index (χ0) is 23.8. The van der Waals surface area contributed by atoms with Crippen molar-refractivity contribution < 1.29 is 19.4 Å². The Kier molecular flexibility index (Phi) is 7.01. The van der Waals surface area contributed by atoms with E-state index < -0.39 is 17.6 Å². The number of hydrazine groups is 1. The molecule has 4 rings (SSSR count). The van der Waals surface area contributed by atoms with Gasteiger partial charge in [-0.2, -0.15) is 5.01 Å². The van der Waals surface area contributed by atoms with Gasteiger partial charge in [-0.15, -0.1) is 0 Å². The van der Waals surface area contributed by atoms with E-state index in [0.717, 1.165) is 10.6 Å². The van der Waals surface area contributed by atoms with Gasteiger partial charge in [0.05, 0.1) is 5.69 Å². The molecule has 2 amide bonds. The van der Waals surface area contributed by atoms with Crippen LogP contribution in [0.5, 0.6) is 0 Å². The molecular weight excluding hydrogens is 428 g/mol. The number of benzene rings is 4. The lowest BCUT2D eigenvalue weighted by Crippen LogP contribution is -2.54. The minimum Gasteiger partial charge on any atom is -0.443 e. The summed E-state index contributed by atoms with van der Waals surface area (Å²) < 4.78 is 5.46. The maximum atomic E-state index is 13.6. The molecule has 0 radical (unpaired) electrons. The number of amides is 2. The molecule has 0 heterocycles. The molecule has 6 nitrogen and oxygen atoms in total. The zero-order valence-corrected chi connectivity index (χ0v) is 18.4. The Bertz CT molecular complexity index is 1180. The van der Waals surface area contributed by atoms with E-state index in [1.165, 1.54) is 0 Å². The lowest BCUT2D eigenvalue weighted by Gasteiger charge is -2.31. The number of nitrogens with one attached hydrogen (secondary N) is 1. The highest BCUT2D eigenvalue weighted by Crippen LogP contribution is 2.30. The summed E-state index contributed by atoms with van der Waals surface area (Å²) in [5, 5.41) is 12.7. The zero-order valence-electron chi connectivity index (χ0n) is 18.4. The third kappa shape index (κ3) is 4.98. The molecule has 0 fully saturated rings. The maximum Gasteiger partial charge on any atom is 0.433 e. The Labute approximate surface area is 198 Å². The average molecular weight is 453 g/mol. The third-order valence-corrected chi connectivity index (χ3v) is 5.33. The Balaban J connectivity index is 1.65. The predicted octanol–water partition coefficient (Wildman–Crippen LogP) is 4.80. The van der Waals surface area contributed by atoms with E-state index in [1.54, 1.807) is 91.0 Å². The van der Waals surface area contributed by atoms with E-state index in [9.17, 15) is 14.7 Å². The van der Waals surface area contributed by atoms with E-state index >= 15 is 0 Å². The summed E-state index contributed by atoms with van der Waals surface area (Å²) in [5.74, 6) is -0.801. The molecule has 0 unspecified atom stereocenters. The number of aliphatic hydroxyl groups is 1. The Hall–Kier alpha value is -4.42. The van der Waals surface area contributed by atoms with Crippen LogP contribution in [-0.4, -0.2) is 17.1 Å². The standard InChI is InChI=1S/C28H24N2O4/c31-26(28(33,23-15-7-2-8-16-23)24-17-9-3-10-18-24)29-30(25-19-11-4-12-20-25)27(32)34-21-22-13-5-1-6-14-22/h1-20,33H,21H2,(H,29,31). The maximum absolute atomic E-state index is 13.6. The van der Waals surface area contributed by atoms with Crippen molar-refractivity contribution in [2.75, 3.05) is 5.01 Å². The monoisotopic (exact) mass is 452 g/mol. The van der Waals surface area contributed by atoms with Gasteiger partial charge in [0.25, 0.3) is 5.91 Å². The lowest BCUT2D eigenvalue weighted by molar-refractivity contribution is -0.136. The summed E-state index contributed by atoms with van der Waals surface area (Å²) in [6, 6.07) is 35.0. The van der Waals surface area contributed by atoms with Crippen molar-refractivity contribution in [1.82, 2.24) is 5.43 Å². The molecular formula is C28H24N2O4. The fraction of sp³-hybridized carbons (Fsp3) is 0.0714. The molecule has 0 aromatic heterocycles. The molecule has 4 aromatic rings. The number of nitrogens with zero attached hydrogens (tertiary/aromatic N) is 1. The first-order valence-corrected chi connectivity index (χ1v) is 10.8. The lowest BCUT2D eigenvalue weighted by atomic mass is 9.85. The van der Waals surface area contributed by atoms with Crippen LogP contribution in [0.1, 0.15) is 16.7 Å². The number of ether oxygens (including phenoxy) is 1. The van der Waals surface area contributed by atoms with Crippen LogP contribution in [-0.2, 0) is 21.7 Å². The van der Waals surface area contributed by atoms with Crippen molar-refractivity contribution in [3.63, 3.8) is 0 Å². The van der Waals surface area contributed by atoms with Crippen LogP contribution in [0.2, 0.25) is 0 Å². The number of hydrogen-bond acceptors (Lipinski definition) is 4. The Morgan fingerprint density at radius 1 is 0.706 bits per heavy atom. The summed E-state index contributed by atoms with van der Waals surface area (Å²) in [6.45, 7) is 0.0283. The van der Waals surface area contributed by atoms with Crippen molar-refractivity contribution in [2.45, 2.75) is 12.2 Å². The summed E-state index contributed by atoms with van der Waals surface area (Å²) in [5.41, 5.74) is 2.45. The van der Waals surface area contributed by atoms with Crippen LogP contribution in [0.15, 0.2) is 121 Å². The molecule has 0 bridgehead atoms. The highest BCUT2D eigenvalue weighted by molar-refractivity contribution is 5.97. The molecule has 0 aliphatic rings. The van der Waals surface area contributed by atoms with Gasteiger partial charge in [-0.05, 0) is 28.8 Å². The number of para-hydroxylation sites is 1. The number of hydrogen-bond donors (Lipinski definition) is 2. The van der Waals surface area contributed by atoms with Gasteiger partial charge in [-0.1, -0.05) is 109 Å². The highest BCUT2D eigenvalue weighted by atomic mass is 16.6. The normalized spacial score (nSPS) is 10.9. The topological polar surface area (TPSA) is 78.9 Å². The van der Waals surface area contributed by atoms with E-state index in [-0.39, 0.29) is 6.61 Å². The molecule has 2 N–H and O–H groups in total. The molecule has 4 aromatic carbocycles. The molecule has 170 valence electrons. The SMILES string of the molecule is O=C(OCc1ccccc1)N(NC(=O)C(O)(c1ccccc1)c1ccccc1)c1ccccc1. The van der Waals surface area contributed by atoms with Crippen LogP contribution in [0.4, 0.5) is 10.5 Å². The van der Waals surface area contributed by atoms with E-state index in [4.69, 9.17) is 4.74 Å². The van der Waals surface area contributed by atoms with E-state index in [0.29, 0.717) is 16.8 Å². The molecule has 0 aliphatic heterocycles.